The third kappa shape index (κ3) is 3.47. The van der Waals surface area contributed by atoms with E-state index in [1.165, 1.54) is 22.4 Å². The predicted octanol–water partition coefficient (Wildman–Crippen LogP) is 1.76. The molecular formula is C17H24N3OS+. The number of hydrogen-bond acceptors (Lipinski definition) is 3. The van der Waals surface area contributed by atoms with E-state index in [9.17, 15) is 4.79 Å². The maximum atomic E-state index is 12.4. The first-order valence-corrected chi connectivity index (χ1v) is 8.92. The zero-order chi connectivity index (χ0) is 15.5. The van der Waals surface area contributed by atoms with Crippen LogP contribution in [0.2, 0.25) is 0 Å². The fourth-order valence-electron chi connectivity index (χ4n) is 3.01. The highest BCUT2D eigenvalue weighted by atomic mass is 32.1. The molecule has 3 rings (SSSR count). The second-order valence-corrected chi connectivity index (χ2v) is 7.43. The summed E-state index contributed by atoms with van der Waals surface area (Å²) in [6, 6.07) is 8.54. The van der Waals surface area contributed by atoms with Crippen molar-refractivity contribution in [2.45, 2.75) is 51.2 Å². The van der Waals surface area contributed by atoms with Gasteiger partial charge in [-0.3, -0.25) is 4.79 Å². The third-order valence-corrected chi connectivity index (χ3v) is 5.64. The van der Waals surface area contributed by atoms with Gasteiger partial charge in [0.15, 0.2) is 6.04 Å². The molecule has 22 heavy (non-hydrogen) atoms. The summed E-state index contributed by atoms with van der Waals surface area (Å²) >= 11 is 1.72. The lowest BCUT2D eigenvalue weighted by atomic mass is 10.2. The van der Waals surface area contributed by atoms with Crippen molar-refractivity contribution in [3.8, 4) is 0 Å². The van der Waals surface area contributed by atoms with Crippen LogP contribution in [0.5, 0.6) is 0 Å². The normalized spacial score (nSPS) is 18.5. The van der Waals surface area contributed by atoms with E-state index >= 15 is 0 Å². The summed E-state index contributed by atoms with van der Waals surface area (Å²) < 4.78 is 1.22. The van der Waals surface area contributed by atoms with E-state index < -0.39 is 0 Å². The molecule has 1 aliphatic rings. The number of thiazole rings is 1. The van der Waals surface area contributed by atoms with E-state index in [1.54, 1.807) is 11.3 Å². The SMILES string of the molecule is C[C@@H](C(=O)NC1CCCC1)[NH+](C)Cc1nc2ccccc2s1. The molecule has 1 amide bonds. The Hall–Kier alpha value is -1.46. The Bertz CT molecular complexity index is 615. The molecule has 2 N–H and O–H groups in total. The number of nitrogens with zero attached hydrogens (tertiary/aromatic N) is 1. The van der Waals surface area contributed by atoms with Crippen LogP contribution in [-0.4, -0.2) is 30.0 Å². The number of quaternary nitrogens is 1. The fraction of sp³-hybridized carbons (Fsp3) is 0.529. The van der Waals surface area contributed by atoms with Crippen molar-refractivity contribution in [1.82, 2.24) is 10.3 Å². The summed E-state index contributed by atoms with van der Waals surface area (Å²) in [4.78, 5) is 18.2. The molecule has 1 aliphatic carbocycles. The molecule has 1 heterocycles. The first-order chi connectivity index (χ1) is 10.6. The van der Waals surface area contributed by atoms with E-state index in [-0.39, 0.29) is 11.9 Å². The third-order valence-electron chi connectivity index (χ3n) is 4.60. The topological polar surface area (TPSA) is 46.4 Å². The van der Waals surface area contributed by atoms with E-state index in [0.717, 1.165) is 29.9 Å². The van der Waals surface area contributed by atoms with Crippen LogP contribution < -0.4 is 10.2 Å². The van der Waals surface area contributed by atoms with E-state index in [2.05, 4.69) is 23.4 Å². The van der Waals surface area contributed by atoms with E-state index in [4.69, 9.17) is 0 Å². The standard InChI is InChI=1S/C17H23N3OS/c1-12(17(21)18-13-7-3-4-8-13)20(2)11-16-19-14-9-5-6-10-15(14)22-16/h5-6,9-10,12-13H,3-4,7-8,11H2,1-2H3,(H,18,21)/p+1/t12-/m0/s1. The maximum Gasteiger partial charge on any atom is 0.278 e. The Morgan fingerprint density at radius 2 is 2.14 bits per heavy atom. The van der Waals surface area contributed by atoms with Gasteiger partial charge in [0.2, 0.25) is 0 Å². The number of aromatic nitrogens is 1. The van der Waals surface area contributed by atoms with Gasteiger partial charge >= 0.3 is 0 Å². The second-order valence-electron chi connectivity index (χ2n) is 6.31. The van der Waals surface area contributed by atoms with Crippen LogP contribution in [0, 0.1) is 0 Å². The number of likely N-dealkylation sites (N-methyl/N-ethyl adjacent to an activating group) is 1. The Balaban J connectivity index is 1.60. The van der Waals surface area contributed by atoms with Gasteiger partial charge < -0.3 is 10.2 Å². The molecular weight excluding hydrogens is 294 g/mol. The number of amides is 1. The van der Waals surface area contributed by atoms with Crippen molar-refractivity contribution in [3.05, 3.63) is 29.3 Å². The van der Waals surface area contributed by atoms with Crippen LogP contribution >= 0.6 is 11.3 Å². The number of rotatable bonds is 5. The number of hydrogen-bond donors (Lipinski definition) is 2. The molecule has 0 saturated heterocycles. The van der Waals surface area contributed by atoms with E-state index in [1.807, 2.05) is 25.1 Å². The number of nitrogens with one attached hydrogen (secondary N) is 2. The summed E-state index contributed by atoms with van der Waals surface area (Å²) in [6.45, 7) is 2.80. The molecule has 0 spiro atoms. The molecule has 0 aliphatic heterocycles. The van der Waals surface area contributed by atoms with Crippen molar-refractivity contribution >= 4 is 27.5 Å². The van der Waals surface area contributed by atoms with Crippen molar-refractivity contribution in [2.24, 2.45) is 0 Å². The lowest BCUT2D eigenvalue weighted by Gasteiger charge is -2.22. The molecule has 5 heteroatoms. The molecule has 1 unspecified atom stereocenters. The van der Waals surface area contributed by atoms with Crippen molar-refractivity contribution in [2.75, 3.05) is 7.05 Å². The summed E-state index contributed by atoms with van der Waals surface area (Å²) in [6.07, 6.45) is 4.76. The van der Waals surface area contributed by atoms with Crippen LogP contribution in [0.1, 0.15) is 37.6 Å². The minimum atomic E-state index is -0.0485. The number of para-hydroxylation sites is 1. The van der Waals surface area contributed by atoms with Gasteiger partial charge in [0.1, 0.15) is 11.6 Å². The second kappa shape index (κ2) is 6.75. The average molecular weight is 318 g/mol. The molecule has 0 bridgehead atoms. The van der Waals surface area contributed by atoms with Gasteiger partial charge in [-0.2, -0.15) is 0 Å². The van der Waals surface area contributed by atoms with Crippen molar-refractivity contribution in [3.63, 3.8) is 0 Å². The molecule has 1 fully saturated rings. The van der Waals surface area contributed by atoms with Crippen LogP contribution in [-0.2, 0) is 11.3 Å². The molecule has 2 atom stereocenters. The Morgan fingerprint density at radius 1 is 1.41 bits per heavy atom. The van der Waals surface area contributed by atoms with Crippen LogP contribution in [0.25, 0.3) is 10.2 Å². The van der Waals surface area contributed by atoms with Crippen molar-refractivity contribution < 1.29 is 9.69 Å². The van der Waals surface area contributed by atoms with Gasteiger partial charge in [-0.25, -0.2) is 4.98 Å². The van der Waals surface area contributed by atoms with Gasteiger partial charge in [0, 0.05) is 6.04 Å². The smallest absolute Gasteiger partial charge is 0.278 e. The van der Waals surface area contributed by atoms with Gasteiger partial charge in [-0.05, 0) is 31.9 Å². The summed E-state index contributed by atoms with van der Waals surface area (Å²) in [5.74, 6) is 0.172. The Kier molecular flexibility index (Phi) is 4.74. The van der Waals surface area contributed by atoms with E-state index in [0.29, 0.717) is 6.04 Å². The monoisotopic (exact) mass is 318 g/mol. The summed E-state index contributed by atoms with van der Waals surface area (Å²) in [7, 11) is 2.07. The number of fused-ring (bicyclic) bond motifs is 1. The lowest BCUT2D eigenvalue weighted by molar-refractivity contribution is -0.908. The molecule has 2 aromatic rings. The van der Waals surface area contributed by atoms with Crippen LogP contribution in [0.4, 0.5) is 0 Å². The highest BCUT2D eigenvalue weighted by Crippen LogP contribution is 2.21. The van der Waals surface area contributed by atoms with Crippen LogP contribution in [0.15, 0.2) is 24.3 Å². The Morgan fingerprint density at radius 3 is 2.86 bits per heavy atom. The number of carbonyl (C=O) groups excluding carboxylic acids is 1. The lowest BCUT2D eigenvalue weighted by Crippen LogP contribution is -3.12. The molecule has 1 aromatic heterocycles. The molecule has 1 aromatic carbocycles. The molecule has 118 valence electrons. The van der Waals surface area contributed by atoms with Gasteiger partial charge in [0.25, 0.3) is 5.91 Å². The number of carbonyl (C=O) groups is 1. The highest BCUT2D eigenvalue weighted by molar-refractivity contribution is 7.18. The van der Waals surface area contributed by atoms with Crippen molar-refractivity contribution in [1.29, 1.82) is 0 Å². The van der Waals surface area contributed by atoms with Gasteiger partial charge in [-0.15, -0.1) is 11.3 Å². The summed E-state index contributed by atoms with van der Waals surface area (Å²) in [5, 5.41) is 4.29. The predicted molar refractivity (Wildman–Crippen MR) is 90.1 cm³/mol. The molecule has 4 nitrogen and oxygen atoms in total. The summed E-state index contributed by atoms with van der Waals surface area (Å²) in [5.41, 5.74) is 1.05. The largest absolute Gasteiger partial charge is 0.348 e. The minimum Gasteiger partial charge on any atom is -0.348 e. The zero-order valence-electron chi connectivity index (χ0n) is 13.3. The van der Waals surface area contributed by atoms with Gasteiger partial charge in [-0.1, -0.05) is 25.0 Å². The zero-order valence-corrected chi connectivity index (χ0v) is 14.1. The van der Waals surface area contributed by atoms with Gasteiger partial charge in [0.05, 0.1) is 17.3 Å². The van der Waals surface area contributed by atoms with Crippen LogP contribution in [0.3, 0.4) is 0 Å². The minimum absolute atomic E-state index is 0.0485. The number of benzene rings is 1. The highest BCUT2D eigenvalue weighted by Gasteiger charge is 2.26. The average Bonchev–Trinajstić information content (AvgIpc) is 3.14. The first-order valence-electron chi connectivity index (χ1n) is 8.10. The molecule has 1 saturated carbocycles. The maximum absolute atomic E-state index is 12.4. The quantitative estimate of drug-likeness (QED) is 0.882. The Labute approximate surface area is 135 Å². The first kappa shape index (κ1) is 15.4. The molecule has 0 radical (unpaired) electrons. The fourth-order valence-corrected chi connectivity index (χ4v) is 4.07.